The number of halogens is 3. The van der Waals surface area contributed by atoms with Crippen LogP contribution in [0.5, 0.6) is 0 Å². The summed E-state index contributed by atoms with van der Waals surface area (Å²) in [5.74, 6) is -0.800. The van der Waals surface area contributed by atoms with Crippen molar-refractivity contribution in [1.82, 2.24) is 20.0 Å². The topological polar surface area (TPSA) is 153 Å². The number of amides is 1. The van der Waals surface area contributed by atoms with Crippen LogP contribution in [0.25, 0.3) is 0 Å². The molecule has 14 heteroatoms. The highest BCUT2D eigenvalue weighted by atomic mass is 79.9. The first kappa shape index (κ1) is 28.3. The average molecular weight is 571 g/mol. The molecule has 2 aromatic rings. The number of nitrogen functional groups attached to an aromatic ring is 2. The van der Waals surface area contributed by atoms with Gasteiger partial charge in [-0.2, -0.15) is 0 Å². The molecule has 10 nitrogen and oxygen atoms in total. The van der Waals surface area contributed by atoms with E-state index in [-0.39, 0.29) is 51.8 Å². The van der Waals surface area contributed by atoms with Gasteiger partial charge in [0.25, 0.3) is 5.91 Å². The number of benzene rings is 1. The van der Waals surface area contributed by atoms with Crippen molar-refractivity contribution in [3.05, 3.63) is 45.7 Å². The van der Waals surface area contributed by atoms with Gasteiger partial charge >= 0.3 is 0 Å². The Morgan fingerprint density at radius 3 is 2.25 bits per heavy atom. The molecule has 0 radical (unpaired) electrons. The summed E-state index contributed by atoms with van der Waals surface area (Å²) in [4.78, 5) is 19.9. The molecule has 1 heterocycles. The van der Waals surface area contributed by atoms with Crippen molar-refractivity contribution >= 4 is 50.8 Å². The lowest BCUT2D eigenvalue weighted by Crippen LogP contribution is -3.00. The van der Waals surface area contributed by atoms with Crippen molar-refractivity contribution in [2.45, 2.75) is 5.75 Å². The van der Waals surface area contributed by atoms with Gasteiger partial charge in [-0.15, -0.1) is 0 Å². The van der Waals surface area contributed by atoms with Gasteiger partial charge in [-0.25, -0.2) is 23.1 Å². The number of rotatable bonds is 10. The van der Waals surface area contributed by atoms with Gasteiger partial charge in [0.2, 0.25) is 10.0 Å². The first-order valence-electron chi connectivity index (χ1n) is 9.29. The molecule has 1 amide bonds. The maximum atomic E-state index is 12.3. The van der Waals surface area contributed by atoms with Gasteiger partial charge in [-0.05, 0) is 17.7 Å². The maximum Gasteiger partial charge on any atom is 0.273 e. The number of quaternary nitrogens is 1. The van der Waals surface area contributed by atoms with Crippen molar-refractivity contribution < 1.29 is 34.7 Å². The van der Waals surface area contributed by atoms with Crippen molar-refractivity contribution in [3.63, 3.8) is 0 Å². The number of nitrogens with one attached hydrogen (secondary N) is 2. The summed E-state index contributed by atoms with van der Waals surface area (Å²) in [6, 6.07) is 6.65. The van der Waals surface area contributed by atoms with E-state index in [0.29, 0.717) is 34.7 Å². The zero-order valence-electron chi connectivity index (χ0n) is 17.6. The molecule has 1 aromatic heterocycles. The highest BCUT2D eigenvalue weighted by Gasteiger charge is 2.20. The first-order chi connectivity index (χ1) is 14.4. The van der Waals surface area contributed by atoms with Crippen LogP contribution < -0.4 is 38.5 Å². The summed E-state index contributed by atoms with van der Waals surface area (Å²) in [6.07, 6.45) is 0. The molecule has 0 aliphatic rings. The van der Waals surface area contributed by atoms with Crippen molar-refractivity contribution in [2.24, 2.45) is 0 Å². The number of sulfonamides is 1. The van der Waals surface area contributed by atoms with E-state index in [0.717, 1.165) is 0 Å². The number of carbonyl (C=O) groups excluding carboxylic acids is 1. The Labute approximate surface area is 208 Å². The molecule has 2 rings (SSSR count). The molecule has 32 heavy (non-hydrogen) atoms. The second-order valence-corrected chi connectivity index (χ2v) is 10.2. The van der Waals surface area contributed by atoms with Crippen LogP contribution in [0.15, 0.2) is 24.3 Å². The lowest BCUT2D eigenvalue weighted by atomic mass is 10.2. The van der Waals surface area contributed by atoms with E-state index < -0.39 is 15.9 Å². The quantitative estimate of drug-likeness (QED) is 0.238. The van der Waals surface area contributed by atoms with Crippen LogP contribution in [0, 0.1) is 0 Å². The summed E-state index contributed by atoms with van der Waals surface area (Å²) in [5.41, 5.74) is 11.7. The standard InChI is InChI=1S/C18H25Cl2N7O3S.BrH/c1-27(2,9-7-23-18(28)14-16(21)26-17(22)15(20)25-14)10-8-24-31(29,30)11-12-3-5-13(19)6-4-12;/h3-6,24H,7-11H2,1-2H3,(H4-,21,22,23,26,28);1H. The summed E-state index contributed by atoms with van der Waals surface area (Å²) in [6.45, 7) is 1.63. The molecule has 1 aromatic carbocycles. The minimum absolute atomic E-state index is 0. The zero-order valence-corrected chi connectivity index (χ0v) is 21.5. The molecule has 0 aliphatic heterocycles. The lowest BCUT2D eigenvalue weighted by molar-refractivity contribution is -0.887. The first-order valence-corrected chi connectivity index (χ1v) is 11.7. The van der Waals surface area contributed by atoms with Gasteiger partial charge in [0.15, 0.2) is 22.5 Å². The van der Waals surface area contributed by atoms with E-state index in [1.165, 1.54) is 0 Å². The fourth-order valence-electron chi connectivity index (χ4n) is 2.63. The normalized spacial score (nSPS) is 11.6. The molecule has 0 unspecified atom stereocenters. The number of anilines is 2. The van der Waals surface area contributed by atoms with E-state index in [4.69, 9.17) is 34.7 Å². The number of nitrogens with zero attached hydrogens (tertiary/aromatic N) is 3. The summed E-state index contributed by atoms with van der Waals surface area (Å²) < 4.78 is 27.6. The molecule has 0 saturated heterocycles. The van der Waals surface area contributed by atoms with Gasteiger partial charge in [0.05, 0.1) is 46.0 Å². The third-order valence-corrected chi connectivity index (χ3v) is 6.32. The van der Waals surface area contributed by atoms with E-state index in [1.807, 2.05) is 14.1 Å². The van der Waals surface area contributed by atoms with Crippen LogP contribution in [0.4, 0.5) is 11.6 Å². The number of hydrogen-bond donors (Lipinski definition) is 4. The Balaban J connectivity index is 0.00000512. The number of aromatic nitrogens is 2. The fraction of sp³-hybridized carbons (Fsp3) is 0.389. The third-order valence-electron chi connectivity index (χ3n) is 4.43. The van der Waals surface area contributed by atoms with Gasteiger partial charge < -0.3 is 38.2 Å². The summed E-state index contributed by atoms with van der Waals surface area (Å²) in [7, 11) is 0.372. The van der Waals surface area contributed by atoms with Crippen molar-refractivity contribution in [3.8, 4) is 0 Å². The molecule has 0 fully saturated rings. The van der Waals surface area contributed by atoms with E-state index in [2.05, 4.69) is 20.0 Å². The SMILES string of the molecule is C[N+](C)(CCNC(=O)c1nc(Cl)c(N)nc1N)CCNS(=O)(=O)Cc1ccc(Cl)cc1.[Br-]. The number of carbonyl (C=O) groups is 1. The predicted molar refractivity (Wildman–Crippen MR) is 122 cm³/mol. The third kappa shape index (κ3) is 9.04. The highest BCUT2D eigenvalue weighted by Crippen LogP contribution is 2.17. The van der Waals surface area contributed by atoms with Crippen molar-refractivity contribution in [1.29, 1.82) is 0 Å². The molecule has 0 spiro atoms. The maximum absolute atomic E-state index is 12.3. The van der Waals surface area contributed by atoms with Crippen LogP contribution in [0.1, 0.15) is 16.1 Å². The van der Waals surface area contributed by atoms with Gasteiger partial charge in [0, 0.05) is 5.02 Å². The Hall–Kier alpha value is -1.70. The second-order valence-electron chi connectivity index (χ2n) is 7.55. The largest absolute Gasteiger partial charge is 1.00 e. The Morgan fingerprint density at radius 1 is 1.03 bits per heavy atom. The van der Waals surface area contributed by atoms with E-state index >= 15 is 0 Å². The number of nitrogens with two attached hydrogens (primary N) is 2. The van der Waals surface area contributed by atoms with Crippen LogP contribution in [0.2, 0.25) is 10.2 Å². The predicted octanol–water partition coefficient (Wildman–Crippen LogP) is -2.12. The highest BCUT2D eigenvalue weighted by molar-refractivity contribution is 7.88. The lowest BCUT2D eigenvalue weighted by Gasteiger charge is -2.29. The molecular formula is C18H26BrCl2N7O3S. The zero-order chi connectivity index (χ0) is 23.2. The monoisotopic (exact) mass is 569 g/mol. The molecule has 0 atom stereocenters. The second kappa shape index (κ2) is 12.0. The smallest absolute Gasteiger partial charge is 0.273 e. The van der Waals surface area contributed by atoms with Crippen LogP contribution in [-0.4, -0.2) is 69.1 Å². The molecular weight excluding hydrogens is 545 g/mol. The minimum Gasteiger partial charge on any atom is -1.00 e. The Bertz CT molecular complexity index is 1040. The molecule has 0 bridgehead atoms. The fourth-order valence-corrected chi connectivity index (χ4v) is 4.02. The minimum atomic E-state index is -3.48. The van der Waals surface area contributed by atoms with E-state index in [1.54, 1.807) is 24.3 Å². The Kier molecular flexibility index (Phi) is 10.6. The van der Waals surface area contributed by atoms with Crippen molar-refractivity contribution in [2.75, 3.05) is 51.7 Å². The van der Waals surface area contributed by atoms with Gasteiger partial charge in [0.1, 0.15) is 0 Å². The van der Waals surface area contributed by atoms with Gasteiger partial charge in [-0.1, -0.05) is 35.3 Å². The number of hydrogen-bond acceptors (Lipinski definition) is 7. The summed E-state index contributed by atoms with van der Waals surface area (Å²) >= 11 is 11.6. The summed E-state index contributed by atoms with van der Waals surface area (Å²) in [5, 5.41) is 3.15. The Morgan fingerprint density at radius 2 is 1.62 bits per heavy atom. The average Bonchev–Trinajstić information content (AvgIpc) is 2.65. The number of likely N-dealkylation sites (N-methyl/N-ethyl adjacent to an activating group) is 1. The van der Waals surface area contributed by atoms with Crippen LogP contribution >= 0.6 is 23.2 Å². The van der Waals surface area contributed by atoms with Crippen LogP contribution in [0.3, 0.4) is 0 Å². The molecule has 0 aliphatic carbocycles. The molecule has 6 N–H and O–H groups in total. The van der Waals surface area contributed by atoms with Gasteiger partial charge in [-0.3, -0.25) is 4.79 Å². The molecule has 178 valence electrons. The molecule has 0 saturated carbocycles. The van der Waals surface area contributed by atoms with Crippen LogP contribution in [-0.2, 0) is 15.8 Å². The van der Waals surface area contributed by atoms with E-state index in [9.17, 15) is 13.2 Å².